The van der Waals surface area contributed by atoms with Crippen molar-refractivity contribution in [2.75, 3.05) is 13.6 Å². The number of nitriles is 1. The maximum atomic E-state index is 11.8. The van der Waals surface area contributed by atoms with E-state index in [2.05, 4.69) is 0 Å². The molecule has 1 amide bonds. The van der Waals surface area contributed by atoms with Crippen LogP contribution >= 0.6 is 0 Å². The number of nitro benzene ring substituents is 1. The Labute approximate surface area is 103 Å². The highest BCUT2D eigenvalue weighted by Gasteiger charge is 2.17. The fraction of sp³-hybridized carbons (Fsp3) is 0.273. The lowest BCUT2D eigenvalue weighted by atomic mass is 10.1. The number of nitro groups is 1. The quantitative estimate of drug-likeness (QED) is 0.638. The van der Waals surface area contributed by atoms with Gasteiger partial charge in [-0.05, 0) is 12.1 Å². The van der Waals surface area contributed by atoms with Crippen molar-refractivity contribution in [2.45, 2.75) is 6.42 Å². The van der Waals surface area contributed by atoms with E-state index in [1.165, 1.54) is 18.0 Å². The van der Waals surface area contributed by atoms with Crippen molar-refractivity contribution in [3.05, 3.63) is 33.9 Å². The molecule has 0 heterocycles. The molecule has 0 radical (unpaired) electrons. The number of aromatic hydroxyl groups is 1. The SMILES string of the molecule is CN(CCC#N)C(=O)c1ccc([N+](=O)[O-])c(O)c1. The molecule has 0 aliphatic carbocycles. The largest absolute Gasteiger partial charge is 0.502 e. The van der Waals surface area contributed by atoms with Gasteiger partial charge < -0.3 is 10.0 Å². The van der Waals surface area contributed by atoms with E-state index in [0.717, 1.165) is 12.1 Å². The summed E-state index contributed by atoms with van der Waals surface area (Å²) in [6.45, 7) is 0.257. The van der Waals surface area contributed by atoms with Gasteiger partial charge in [-0.25, -0.2) is 0 Å². The van der Waals surface area contributed by atoms with Crippen LogP contribution in [-0.2, 0) is 0 Å². The Bertz CT molecular complexity index is 522. The third-order valence-electron chi connectivity index (χ3n) is 2.32. The maximum Gasteiger partial charge on any atom is 0.310 e. The molecule has 7 heteroatoms. The van der Waals surface area contributed by atoms with Crippen LogP contribution in [0.4, 0.5) is 5.69 Å². The number of rotatable bonds is 4. The fourth-order valence-electron chi connectivity index (χ4n) is 1.35. The molecule has 18 heavy (non-hydrogen) atoms. The first-order valence-electron chi connectivity index (χ1n) is 5.07. The first-order valence-corrected chi connectivity index (χ1v) is 5.07. The van der Waals surface area contributed by atoms with E-state index >= 15 is 0 Å². The minimum Gasteiger partial charge on any atom is -0.502 e. The molecule has 7 nitrogen and oxygen atoms in total. The van der Waals surface area contributed by atoms with Gasteiger partial charge in [-0.15, -0.1) is 0 Å². The Morgan fingerprint density at radius 3 is 2.78 bits per heavy atom. The van der Waals surface area contributed by atoms with Crippen molar-refractivity contribution in [1.29, 1.82) is 5.26 Å². The highest BCUT2D eigenvalue weighted by molar-refractivity contribution is 5.94. The highest BCUT2D eigenvalue weighted by atomic mass is 16.6. The van der Waals surface area contributed by atoms with Gasteiger partial charge in [-0.1, -0.05) is 0 Å². The molecule has 0 fully saturated rings. The predicted octanol–water partition coefficient (Wildman–Crippen LogP) is 1.29. The molecular formula is C11H11N3O4. The Balaban J connectivity index is 2.91. The number of hydrogen-bond donors (Lipinski definition) is 1. The van der Waals surface area contributed by atoms with Crippen LogP contribution in [0.15, 0.2) is 18.2 Å². The van der Waals surface area contributed by atoms with Crippen LogP contribution in [0.2, 0.25) is 0 Å². The molecule has 0 saturated carbocycles. The van der Waals surface area contributed by atoms with Crippen molar-refractivity contribution in [2.24, 2.45) is 0 Å². The summed E-state index contributed by atoms with van der Waals surface area (Å²) in [5, 5.41) is 28.3. The zero-order chi connectivity index (χ0) is 13.7. The topological polar surface area (TPSA) is 107 Å². The second kappa shape index (κ2) is 5.63. The average Bonchev–Trinajstić information content (AvgIpc) is 2.34. The summed E-state index contributed by atoms with van der Waals surface area (Å²) >= 11 is 0. The molecule has 0 atom stereocenters. The van der Waals surface area contributed by atoms with Crippen LogP contribution in [0.5, 0.6) is 5.75 Å². The Morgan fingerprint density at radius 1 is 1.61 bits per heavy atom. The molecule has 0 saturated heterocycles. The Hall–Kier alpha value is -2.62. The van der Waals surface area contributed by atoms with E-state index in [0.29, 0.717) is 0 Å². The Kier molecular flexibility index (Phi) is 4.21. The van der Waals surface area contributed by atoms with Gasteiger partial charge in [-0.2, -0.15) is 5.26 Å². The smallest absolute Gasteiger partial charge is 0.310 e. The van der Waals surface area contributed by atoms with E-state index in [1.54, 1.807) is 0 Å². The van der Waals surface area contributed by atoms with Crippen LogP contribution in [0.3, 0.4) is 0 Å². The minimum atomic E-state index is -0.733. The van der Waals surface area contributed by atoms with E-state index < -0.39 is 22.3 Å². The van der Waals surface area contributed by atoms with Gasteiger partial charge in [0.15, 0.2) is 5.75 Å². The monoisotopic (exact) mass is 249 g/mol. The first kappa shape index (κ1) is 13.4. The van der Waals surface area contributed by atoms with Gasteiger partial charge in [0.2, 0.25) is 0 Å². The van der Waals surface area contributed by atoms with E-state index in [-0.39, 0.29) is 18.5 Å². The van der Waals surface area contributed by atoms with Crippen molar-refractivity contribution in [3.63, 3.8) is 0 Å². The van der Waals surface area contributed by atoms with Crippen LogP contribution in [-0.4, -0.2) is 34.4 Å². The third kappa shape index (κ3) is 2.95. The van der Waals surface area contributed by atoms with Crippen LogP contribution in [0.1, 0.15) is 16.8 Å². The van der Waals surface area contributed by atoms with E-state index in [1.807, 2.05) is 6.07 Å². The molecule has 0 aliphatic rings. The number of amides is 1. The highest BCUT2D eigenvalue weighted by Crippen LogP contribution is 2.26. The summed E-state index contributed by atoms with van der Waals surface area (Å²) < 4.78 is 0. The Morgan fingerprint density at radius 2 is 2.28 bits per heavy atom. The van der Waals surface area contributed by atoms with Crippen molar-refractivity contribution < 1.29 is 14.8 Å². The zero-order valence-corrected chi connectivity index (χ0v) is 9.66. The number of hydrogen-bond acceptors (Lipinski definition) is 5. The second-order valence-corrected chi connectivity index (χ2v) is 3.60. The molecule has 0 bridgehead atoms. The molecule has 1 aromatic carbocycles. The predicted molar refractivity (Wildman–Crippen MR) is 62.0 cm³/mol. The number of nitrogens with zero attached hydrogens (tertiary/aromatic N) is 3. The number of carbonyl (C=O) groups is 1. The second-order valence-electron chi connectivity index (χ2n) is 3.60. The molecule has 0 unspecified atom stereocenters. The lowest BCUT2D eigenvalue weighted by Gasteiger charge is -2.15. The number of phenols is 1. The summed E-state index contributed by atoms with van der Waals surface area (Å²) in [6, 6.07) is 5.29. The van der Waals surface area contributed by atoms with Crippen LogP contribution < -0.4 is 0 Å². The molecule has 0 aliphatic heterocycles. The van der Waals surface area contributed by atoms with E-state index in [4.69, 9.17) is 5.26 Å². The fourth-order valence-corrected chi connectivity index (χ4v) is 1.35. The number of phenolic OH excluding ortho intramolecular Hbond substituents is 1. The lowest BCUT2D eigenvalue weighted by Crippen LogP contribution is -2.27. The van der Waals surface area contributed by atoms with Gasteiger partial charge >= 0.3 is 5.69 Å². The van der Waals surface area contributed by atoms with Gasteiger partial charge in [0.1, 0.15) is 0 Å². The van der Waals surface area contributed by atoms with Crippen molar-refractivity contribution in [1.82, 2.24) is 4.90 Å². The summed E-state index contributed by atoms with van der Waals surface area (Å²) in [5.41, 5.74) is -0.315. The lowest BCUT2D eigenvalue weighted by molar-refractivity contribution is -0.385. The number of carbonyl (C=O) groups excluding carboxylic acids is 1. The zero-order valence-electron chi connectivity index (χ0n) is 9.66. The van der Waals surface area contributed by atoms with Crippen LogP contribution in [0, 0.1) is 21.4 Å². The van der Waals surface area contributed by atoms with Gasteiger partial charge in [0.05, 0.1) is 17.4 Å². The molecule has 1 N–H and O–H groups in total. The maximum absolute atomic E-state index is 11.8. The number of benzene rings is 1. The molecule has 1 rings (SSSR count). The van der Waals surface area contributed by atoms with Crippen molar-refractivity contribution >= 4 is 11.6 Å². The molecule has 0 spiro atoms. The van der Waals surface area contributed by atoms with Gasteiger partial charge in [0, 0.05) is 25.2 Å². The third-order valence-corrected chi connectivity index (χ3v) is 2.32. The summed E-state index contributed by atoms with van der Waals surface area (Å²) in [4.78, 5) is 22.9. The molecule has 1 aromatic rings. The van der Waals surface area contributed by atoms with Crippen LogP contribution in [0.25, 0.3) is 0 Å². The minimum absolute atomic E-state index is 0.138. The standard InChI is InChI=1S/C11H11N3O4/c1-13(6-2-5-12)11(16)8-3-4-9(14(17)18)10(15)7-8/h3-4,7,15H,2,6H2,1H3. The van der Waals surface area contributed by atoms with Gasteiger partial charge in [-0.3, -0.25) is 14.9 Å². The molecular weight excluding hydrogens is 238 g/mol. The summed E-state index contributed by atoms with van der Waals surface area (Å²) in [7, 11) is 1.51. The van der Waals surface area contributed by atoms with Crippen molar-refractivity contribution in [3.8, 4) is 11.8 Å². The summed E-state index contributed by atoms with van der Waals surface area (Å²) in [6.07, 6.45) is 0.196. The molecule has 0 aromatic heterocycles. The first-order chi connectivity index (χ1) is 8.47. The molecule has 94 valence electrons. The average molecular weight is 249 g/mol. The van der Waals surface area contributed by atoms with Gasteiger partial charge in [0.25, 0.3) is 5.91 Å². The normalized spacial score (nSPS) is 9.56. The van der Waals surface area contributed by atoms with E-state index in [9.17, 15) is 20.0 Å². The summed E-state index contributed by atoms with van der Waals surface area (Å²) in [5.74, 6) is -0.963.